The van der Waals surface area contributed by atoms with E-state index >= 15 is 0 Å². The predicted molar refractivity (Wildman–Crippen MR) is 95.2 cm³/mol. The number of hydrogen-bond donors (Lipinski definition) is 0. The Morgan fingerprint density at radius 3 is 0.950 bits per heavy atom. The van der Waals surface area contributed by atoms with Gasteiger partial charge in [0, 0.05) is 0 Å². The molecule has 3 rings (SSSR count). The van der Waals surface area contributed by atoms with E-state index in [1.807, 2.05) is 0 Å². The van der Waals surface area contributed by atoms with Crippen LogP contribution in [-0.2, 0) is 0 Å². The fourth-order valence-corrected chi connectivity index (χ4v) is 15.6. The van der Waals surface area contributed by atoms with Gasteiger partial charge in [-0.1, -0.05) is 96.3 Å². The Kier molecular flexibility index (Phi) is 5.69. The minimum Gasteiger partial charge on any atom is -0.125 e. The molecular formula is C18H33BrSi. The highest BCUT2D eigenvalue weighted by Gasteiger charge is 2.51. The summed E-state index contributed by atoms with van der Waals surface area (Å²) in [5, 5.41) is 0. The Morgan fingerprint density at radius 2 is 0.700 bits per heavy atom. The zero-order valence-electron chi connectivity index (χ0n) is 13.2. The Balaban J connectivity index is 1.79. The number of halogens is 1. The second-order valence-corrected chi connectivity index (χ2v) is 16.1. The normalized spacial score (nSPS) is 28.6. The van der Waals surface area contributed by atoms with E-state index in [4.69, 9.17) is 0 Å². The molecule has 0 nitrogen and oxygen atoms in total. The minimum atomic E-state index is -1.23. The van der Waals surface area contributed by atoms with Gasteiger partial charge in [0.05, 0.1) is 0 Å². The van der Waals surface area contributed by atoms with Gasteiger partial charge in [0.25, 0.3) is 0 Å². The van der Waals surface area contributed by atoms with Gasteiger partial charge in [-0.2, -0.15) is 0 Å². The topological polar surface area (TPSA) is 0 Å². The first-order valence-corrected chi connectivity index (χ1v) is 14.0. The molecule has 0 amide bonds. The maximum absolute atomic E-state index is 4.61. The van der Waals surface area contributed by atoms with E-state index in [2.05, 4.69) is 15.3 Å². The summed E-state index contributed by atoms with van der Waals surface area (Å²) in [6.45, 7) is -1.23. The first-order chi connectivity index (χ1) is 9.82. The summed E-state index contributed by atoms with van der Waals surface area (Å²) in [5.74, 6) is 0. The van der Waals surface area contributed by atoms with Crippen molar-refractivity contribution in [2.45, 2.75) is 113 Å². The van der Waals surface area contributed by atoms with Crippen LogP contribution in [0, 0.1) is 0 Å². The van der Waals surface area contributed by atoms with Crippen LogP contribution < -0.4 is 0 Å². The molecule has 0 aromatic heterocycles. The average Bonchev–Trinajstić information content (AvgIpc) is 2.56. The lowest BCUT2D eigenvalue weighted by atomic mass is 9.98. The minimum absolute atomic E-state index is 1.13. The van der Waals surface area contributed by atoms with Crippen molar-refractivity contribution in [3.05, 3.63) is 0 Å². The molecule has 0 aromatic rings. The Hall–Kier alpha value is 0.697. The van der Waals surface area contributed by atoms with Crippen LogP contribution in [0.15, 0.2) is 0 Å². The third-order valence-electron chi connectivity index (χ3n) is 6.69. The van der Waals surface area contributed by atoms with E-state index in [1.165, 1.54) is 57.8 Å². The van der Waals surface area contributed by atoms with Crippen LogP contribution in [0.25, 0.3) is 0 Å². The van der Waals surface area contributed by atoms with Crippen molar-refractivity contribution < 1.29 is 0 Å². The molecule has 116 valence electrons. The van der Waals surface area contributed by atoms with Crippen molar-refractivity contribution in [2.75, 3.05) is 0 Å². The van der Waals surface area contributed by atoms with Crippen molar-refractivity contribution in [1.29, 1.82) is 0 Å². The van der Waals surface area contributed by atoms with Gasteiger partial charge in [0.1, 0.15) is 6.69 Å². The molecule has 0 aliphatic heterocycles. The van der Waals surface area contributed by atoms with E-state index in [9.17, 15) is 0 Å². The summed E-state index contributed by atoms with van der Waals surface area (Å²) in [6, 6.07) is 0. The summed E-state index contributed by atoms with van der Waals surface area (Å²) in [5.41, 5.74) is 3.38. The van der Waals surface area contributed by atoms with E-state index in [-0.39, 0.29) is 0 Å². The van der Waals surface area contributed by atoms with E-state index in [0.29, 0.717) is 0 Å². The molecule has 0 saturated heterocycles. The molecule has 0 heterocycles. The molecule has 2 heteroatoms. The van der Waals surface area contributed by atoms with Crippen LogP contribution >= 0.6 is 15.3 Å². The van der Waals surface area contributed by atoms with Gasteiger partial charge in [0.2, 0.25) is 0 Å². The molecule has 0 N–H and O–H groups in total. The van der Waals surface area contributed by atoms with Crippen LogP contribution in [0.4, 0.5) is 0 Å². The number of rotatable bonds is 3. The first-order valence-electron chi connectivity index (χ1n) is 9.50. The molecule has 0 aromatic carbocycles. The molecular weight excluding hydrogens is 324 g/mol. The fraction of sp³-hybridized carbons (Fsp3) is 1.00. The summed E-state index contributed by atoms with van der Waals surface area (Å²) in [7, 11) is 0. The molecule has 3 aliphatic carbocycles. The summed E-state index contributed by atoms with van der Waals surface area (Å²) in [4.78, 5) is 0. The molecule has 20 heavy (non-hydrogen) atoms. The van der Waals surface area contributed by atoms with Crippen LogP contribution in [0.3, 0.4) is 0 Å². The van der Waals surface area contributed by atoms with Crippen molar-refractivity contribution >= 4 is 22.0 Å². The summed E-state index contributed by atoms with van der Waals surface area (Å²) < 4.78 is 0. The maximum Gasteiger partial charge on any atom is 0.139 e. The van der Waals surface area contributed by atoms with Gasteiger partial charge >= 0.3 is 0 Å². The third kappa shape index (κ3) is 3.21. The lowest BCUT2D eigenvalue weighted by molar-refractivity contribution is 0.426. The average molecular weight is 357 g/mol. The zero-order valence-corrected chi connectivity index (χ0v) is 15.8. The predicted octanol–water partition coefficient (Wildman–Crippen LogP) is 7.33. The van der Waals surface area contributed by atoms with Crippen LogP contribution in [0.1, 0.15) is 96.3 Å². The lowest BCUT2D eigenvalue weighted by Crippen LogP contribution is -2.45. The molecule has 0 bridgehead atoms. The standard InChI is InChI=1S/C18H33BrSi/c19-20(16-10-4-1-5-11-16,17-12-6-2-7-13-17)18-14-8-3-9-15-18/h16-18H,1-15H2. The SMILES string of the molecule is Br[Si](C1CCCCC1)(C1CCCCC1)C1CCCCC1. The van der Waals surface area contributed by atoms with Gasteiger partial charge in [0.15, 0.2) is 0 Å². The second-order valence-electron chi connectivity index (χ2n) is 7.83. The first kappa shape index (κ1) is 15.6. The monoisotopic (exact) mass is 356 g/mol. The van der Waals surface area contributed by atoms with Gasteiger partial charge in [-0.3, -0.25) is 0 Å². The lowest BCUT2D eigenvalue weighted by Gasteiger charge is -2.49. The third-order valence-corrected chi connectivity index (χ3v) is 18.0. The zero-order chi connectivity index (χ0) is 13.8. The maximum atomic E-state index is 4.61. The Labute approximate surface area is 135 Å². The van der Waals surface area contributed by atoms with Crippen molar-refractivity contribution in [3.63, 3.8) is 0 Å². The van der Waals surface area contributed by atoms with Crippen LogP contribution in [0.2, 0.25) is 16.6 Å². The summed E-state index contributed by atoms with van der Waals surface area (Å²) in [6.07, 6.45) is 23.2. The summed E-state index contributed by atoms with van der Waals surface area (Å²) >= 11 is 4.61. The highest BCUT2D eigenvalue weighted by Crippen LogP contribution is 2.59. The van der Waals surface area contributed by atoms with Gasteiger partial charge in [-0.15, -0.1) is 15.3 Å². The molecule has 0 radical (unpaired) electrons. The second kappa shape index (κ2) is 7.31. The fourth-order valence-electron chi connectivity index (χ4n) is 5.64. The largest absolute Gasteiger partial charge is 0.139 e. The smallest absolute Gasteiger partial charge is 0.125 e. The highest BCUT2D eigenvalue weighted by molar-refractivity contribution is 9.26. The van der Waals surface area contributed by atoms with E-state index in [0.717, 1.165) is 16.6 Å². The Bertz CT molecular complexity index is 240. The van der Waals surface area contributed by atoms with Crippen LogP contribution in [0.5, 0.6) is 0 Å². The van der Waals surface area contributed by atoms with E-state index < -0.39 is 6.69 Å². The highest BCUT2D eigenvalue weighted by atomic mass is 79.9. The quantitative estimate of drug-likeness (QED) is 0.366. The van der Waals surface area contributed by atoms with Gasteiger partial charge < -0.3 is 0 Å². The Morgan fingerprint density at radius 1 is 0.450 bits per heavy atom. The van der Waals surface area contributed by atoms with Crippen molar-refractivity contribution in [1.82, 2.24) is 0 Å². The molecule has 3 aliphatic rings. The molecule has 0 atom stereocenters. The van der Waals surface area contributed by atoms with Crippen molar-refractivity contribution in [2.24, 2.45) is 0 Å². The molecule has 0 spiro atoms. The van der Waals surface area contributed by atoms with Crippen molar-refractivity contribution in [3.8, 4) is 0 Å². The van der Waals surface area contributed by atoms with Gasteiger partial charge in [-0.05, 0) is 16.6 Å². The van der Waals surface area contributed by atoms with Crippen LogP contribution in [-0.4, -0.2) is 6.69 Å². The van der Waals surface area contributed by atoms with E-state index in [1.54, 1.807) is 38.5 Å². The van der Waals surface area contributed by atoms with Gasteiger partial charge in [-0.25, -0.2) is 0 Å². The molecule has 3 saturated carbocycles. The molecule has 0 unspecified atom stereocenters. The molecule has 3 fully saturated rings. The number of hydrogen-bond acceptors (Lipinski definition) is 0.